The monoisotopic (exact) mass is 327 g/mol. The van der Waals surface area contributed by atoms with Crippen molar-refractivity contribution < 1.29 is 9.84 Å². The summed E-state index contributed by atoms with van der Waals surface area (Å²) < 4.78 is 6.10. The number of nitrogens with one attached hydrogen (secondary N) is 1. The zero-order valence-electron chi connectivity index (χ0n) is 10.1. The molecule has 0 aliphatic carbocycles. The molecule has 3 nitrogen and oxygen atoms in total. The Bertz CT molecular complexity index is 542. The summed E-state index contributed by atoms with van der Waals surface area (Å²) >= 11 is 5.13. The van der Waals surface area contributed by atoms with Crippen molar-refractivity contribution in [1.82, 2.24) is 0 Å². The molecule has 18 heavy (non-hydrogen) atoms. The van der Waals surface area contributed by atoms with Gasteiger partial charge in [0.2, 0.25) is 0 Å². The molecule has 0 saturated carbocycles. The van der Waals surface area contributed by atoms with Gasteiger partial charge in [0.25, 0.3) is 0 Å². The first-order valence-corrected chi connectivity index (χ1v) is 7.15. The van der Waals surface area contributed by atoms with Gasteiger partial charge in [-0.15, -0.1) is 11.3 Å². The van der Waals surface area contributed by atoms with Crippen LogP contribution < -0.4 is 10.1 Å². The van der Waals surface area contributed by atoms with E-state index in [0.29, 0.717) is 5.75 Å². The predicted molar refractivity (Wildman–Crippen MR) is 78.7 cm³/mol. The Morgan fingerprint density at radius 2 is 2.17 bits per heavy atom. The molecule has 0 fully saturated rings. The fourth-order valence-electron chi connectivity index (χ4n) is 1.66. The van der Waals surface area contributed by atoms with Crippen LogP contribution in [0.5, 0.6) is 11.5 Å². The Labute approximate surface area is 119 Å². The van der Waals surface area contributed by atoms with Gasteiger partial charge in [0.05, 0.1) is 13.2 Å². The summed E-state index contributed by atoms with van der Waals surface area (Å²) in [6, 6.07) is 7.57. The Morgan fingerprint density at radius 3 is 2.72 bits per heavy atom. The van der Waals surface area contributed by atoms with E-state index in [-0.39, 0.29) is 11.8 Å². The largest absolute Gasteiger partial charge is 0.504 e. The van der Waals surface area contributed by atoms with Crippen molar-refractivity contribution in [2.24, 2.45) is 0 Å². The number of aromatic hydroxyl groups is 1. The number of phenolic OH excluding ortho intramolecular Hbond substituents is 1. The van der Waals surface area contributed by atoms with E-state index >= 15 is 0 Å². The molecular formula is C13H14BrNO2S. The molecule has 5 heteroatoms. The zero-order chi connectivity index (χ0) is 13.1. The highest BCUT2D eigenvalue weighted by atomic mass is 79.9. The Kier molecular flexibility index (Phi) is 4.14. The summed E-state index contributed by atoms with van der Waals surface area (Å²) in [5, 5.41) is 15.1. The predicted octanol–water partition coefficient (Wildman–Crippen LogP) is 4.40. The van der Waals surface area contributed by atoms with Crippen molar-refractivity contribution in [3.63, 3.8) is 0 Å². The number of anilines is 1. The fraction of sp³-hybridized carbons (Fsp3) is 0.231. The van der Waals surface area contributed by atoms with Crippen LogP contribution in [0.4, 0.5) is 5.69 Å². The number of hydrogen-bond acceptors (Lipinski definition) is 4. The molecule has 0 saturated heterocycles. The van der Waals surface area contributed by atoms with Crippen LogP contribution >= 0.6 is 27.3 Å². The molecule has 0 aliphatic heterocycles. The van der Waals surface area contributed by atoms with Gasteiger partial charge in [-0.05, 0) is 41.1 Å². The summed E-state index contributed by atoms with van der Waals surface area (Å²) in [6.07, 6.45) is 0. The van der Waals surface area contributed by atoms with Crippen molar-refractivity contribution in [3.8, 4) is 11.5 Å². The minimum Gasteiger partial charge on any atom is -0.504 e. The fourth-order valence-corrected chi connectivity index (χ4v) is 3.11. The topological polar surface area (TPSA) is 41.5 Å². The first-order chi connectivity index (χ1) is 8.60. The average Bonchev–Trinajstić information content (AvgIpc) is 2.76. The van der Waals surface area contributed by atoms with Crippen LogP contribution in [-0.2, 0) is 0 Å². The number of methoxy groups -OCH3 is 1. The van der Waals surface area contributed by atoms with E-state index < -0.39 is 0 Å². The molecule has 0 aliphatic rings. The minimum absolute atomic E-state index is 0.141. The molecule has 0 spiro atoms. The van der Waals surface area contributed by atoms with Crippen molar-refractivity contribution in [2.45, 2.75) is 13.0 Å². The lowest BCUT2D eigenvalue weighted by atomic mass is 10.2. The number of phenols is 1. The molecule has 2 aromatic rings. The molecule has 2 N–H and O–H groups in total. The number of benzene rings is 1. The maximum atomic E-state index is 9.71. The molecule has 0 radical (unpaired) electrons. The molecule has 1 unspecified atom stereocenters. The third kappa shape index (κ3) is 2.97. The Balaban J connectivity index is 2.12. The molecule has 1 heterocycles. The first-order valence-electron chi connectivity index (χ1n) is 5.47. The van der Waals surface area contributed by atoms with Gasteiger partial charge in [0.15, 0.2) is 11.5 Å². The van der Waals surface area contributed by atoms with Gasteiger partial charge in [0.1, 0.15) is 0 Å². The summed E-state index contributed by atoms with van der Waals surface area (Å²) in [7, 11) is 1.54. The number of thiophene rings is 1. The van der Waals surface area contributed by atoms with Gasteiger partial charge >= 0.3 is 0 Å². The number of rotatable bonds is 4. The third-order valence-electron chi connectivity index (χ3n) is 2.58. The molecule has 1 aromatic carbocycles. The van der Waals surface area contributed by atoms with Crippen molar-refractivity contribution in [1.29, 1.82) is 0 Å². The maximum absolute atomic E-state index is 9.71. The van der Waals surface area contributed by atoms with Gasteiger partial charge in [0, 0.05) is 26.5 Å². The zero-order valence-corrected chi connectivity index (χ0v) is 12.5. The lowest BCUT2D eigenvalue weighted by Gasteiger charge is -2.14. The van der Waals surface area contributed by atoms with Gasteiger partial charge in [-0.25, -0.2) is 0 Å². The number of halogens is 1. The smallest absolute Gasteiger partial charge is 0.160 e. The highest BCUT2D eigenvalue weighted by molar-refractivity contribution is 9.10. The van der Waals surface area contributed by atoms with Crippen LogP contribution in [0.3, 0.4) is 0 Å². The highest BCUT2D eigenvalue weighted by Gasteiger charge is 2.09. The van der Waals surface area contributed by atoms with E-state index in [0.717, 1.165) is 10.2 Å². The number of hydrogen-bond donors (Lipinski definition) is 2. The van der Waals surface area contributed by atoms with E-state index in [1.54, 1.807) is 23.5 Å². The van der Waals surface area contributed by atoms with Gasteiger partial charge in [-0.2, -0.15) is 0 Å². The maximum Gasteiger partial charge on any atom is 0.160 e. The highest BCUT2D eigenvalue weighted by Crippen LogP contribution is 2.32. The van der Waals surface area contributed by atoms with Crippen LogP contribution in [0, 0.1) is 0 Å². The molecular weight excluding hydrogens is 314 g/mol. The molecule has 0 amide bonds. The second-order valence-corrected chi connectivity index (χ2v) is 5.78. The van der Waals surface area contributed by atoms with E-state index in [1.165, 1.54) is 12.0 Å². The lowest BCUT2D eigenvalue weighted by Crippen LogP contribution is -2.04. The molecule has 1 atom stereocenters. The standard InChI is InChI=1S/C13H14BrNO2S/c1-8(13-5-9(14)7-18-13)15-10-3-4-12(17-2)11(16)6-10/h3-8,15-16H,1-2H3. The van der Waals surface area contributed by atoms with E-state index in [4.69, 9.17) is 4.74 Å². The summed E-state index contributed by atoms with van der Waals surface area (Å²) in [5.41, 5.74) is 0.866. The van der Waals surface area contributed by atoms with E-state index in [9.17, 15) is 5.11 Å². The average molecular weight is 328 g/mol. The van der Waals surface area contributed by atoms with Gasteiger partial charge in [-0.1, -0.05) is 0 Å². The third-order valence-corrected chi connectivity index (χ3v) is 4.45. The lowest BCUT2D eigenvalue weighted by molar-refractivity contribution is 0.373. The van der Waals surface area contributed by atoms with Crippen molar-refractivity contribution >= 4 is 33.0 Å². The van der Waals surface area contributed by atoms with E-state index in [2.05, 4.69) is 39.6 Å². The molecule has 96 valence electrons. The quantitative estimate of drug-likeness (QED) is 0.874. The summed E-state index contributed by atoms with van der Waals surface area (Å²) in [5.74, 6) is 0.620. The van der Waals surface area contributed by atoms with Crippen LogP contribution in [0.15, 0.2) is 34.1 Å². The SMILES string of the molecule is COc1ccc(NC(C)c2cc(Br)cs2)cc1O. The van der Waals surface area contributed by atoms with Crippen LogP contribution in [0.25, 0.3) is 0 Å². The number of ether oxygens (including phenoxy) is 1. The van der Waals surface area contributed by atoms with Crippen molar-refractivity contribution in [2.75, 3.05) is 12.4 Å². The van der Waals surface area contributed by atoms with Crippen molar-refractivity contribution in [3.05, 3.63) is 39.0 Å². The van der Waals surface area contributed by atoms with Gasteiger partial charge in [-0.3, -0.25) is 0 Å². The second-order valence-electron chi connectivity index (χ2n) is 3.92. The van der Waals surface area contributed by atoms with Crippen LogP contribution in [0.1, 0.15) is 17.8 Å². The Hall–Kier alpha value is -1.20. The second kappa shape index (κ2) is 5.63. The minimum atomic E-state index is 0.141. The molecule has 1 aromatic heterocycles. The normalized spacial score (nSPS) is 12.2. The molecule has 2 rings (SSSR count). The Morgan fingerprint density at radius 1 is 1.39 bits per heavy atom. The summed E-state index contributed by atoms with van der Waals surface area (Å²) in [4.78, 5) is 1.23. The molecule has 0 bridgehead atoms. The summed E-state index contributed by atoms with van der Waals surface area (Å²) in [6.45, 7) is 2.08. The van der Waals surface area contributed by atoms with Gasteiger partial charge < -0.3 is 15.2 Å². The first kappa shape index (κ1) is 13.2. The van der Waals surface area contributed by atoms with Crippen LogP contribution in [0.2, 0.25) is 0 Å². The van der Waals surface area contributed by atoms with E-state index in [1.807, 2.05) is 6.07 Å². The van der Waals surface area contributed by atoms with Crippen LogP contribution in [-0.4, -0.2) is 12.2 Å².